The highest BCUT2D eigenvalue weighted by Crippen LogP contribution is 2.26. The standard InChI is InChI=1S/C25H23BrClN3O4/c1-16(24(31)29-20-8-10-21(33-2)11-9-20)25(32)30-28-14-18-5-12-23(22(26)13-18)34-15-17-3-6-19(27)7-4-17/h3-14,16H,15H2,1-2H3,(H,29,31)(H,30,32). The number of methoxy groups -OCH3 is 1. The van der Waals surface area contributed by atoms with Crippen molar-refractivity contribution in [3.05, 3.63) is 87.4 Å². The van der Waals surface area contributed by atoms with Crippen LogP contribution in [0.25, 0.3) is 0 Å². The normalized spacial score (nSPS) is 11.6. The molecule has 3 aromatic carbocycles. The third kappa shape index (κ3) is 7.33. The van der Waals surface area contributed by atoms with Crippen LogP contribution in [-0.2, 0) is 16.2 Å². The molecule has 2 amide bonds. The van der Waals surface area contributed by atoms with Gasteiger partial charge in [0.1, 0.15) is 24.0 Å². The molecule has 0 aromatic heterocycles. The van der Waals surface area contributed by atoms with Crippen molar-refractivity contribution in [2.75, 3.05) is 12.4 Å². The van der Waals surface area contributed by atoms with E-state index in [1.807, 2.05) is 30.3 Å². The van der Waals surface area contributed by atoms with Gasteiger partial charge in [0, 0.05) is 10.7 Å². The number of amides is 2. The zero-order valence-corrected chi connectivity index (χ0v) is 20.9. The van der Waals surface area contributed by atoms with Gasteiger partial charge in [0.25, 0.3) is 5.91 Å². The first kappa shape index (κ1) is 25.3. The van der Waals surface area contributed by atoms with Gasteiger partial charge < -0.3 is 14.8 Å². The molecule has 0 heterocycles. The van der Waals surface area contributed by atoms with Crippen LogP contribution >= 0.6 is 27.5 Å². The van der Waals surface area contributed by atoms with Crippen LogP contribution in [0.15, 0.2) is 76.3 Å². The van der Waals surface area contributed by atoms with E-state index >= 15 is 0 Å². The van der Waals surface area contributed by atoms with E-state index in [1.165, 1.54) is 13.1 Å². The van der Waals surface area contributed by atoms with Crippen LogP contribution in [0.3, 0.4) is 0 Å². The molecular weight excluding hydrogens is 522 g/mol. The van der Waals surface area contributed by atoms with Gasteiger partial charge in [-0.05, 0) is 88.6 Å². The van der Waals surface area contributed by atoms with Gasteiger partial charge in [0.2, 0.25) is 5.91 Å². The minimum atomic E-state index is -0.936. The monoisotopic (exact) mass is 543 g/mol. The first-order valence-corrected chi connectivity index (χ1v) is 11.5. The number of halogens is 2. The van der Waals surface area contributed by atoms with Gasteiger partial charge in [-0.15, -0.1) is 0 Å². The van der Waals surface area contributed by atoms with Gasteiger partial charge in [-0.2, -0.15) is 5.10 Å². The highest BCUT2D eigenvalue weighted by Gasteiger charge is 2.21. The number of anilines is 1. The summed E-state index contributed by atoms with van der Waals surface area (Å²) in [5, 5.41) is 7.31. The fourth-order valence-corrected chi connectivity index (χ4v) is 3.40. The van der Waals surface area contributed by atoms with Crippen LogP contribution in [0.4, 0.5) is 5.69 Å². The molecule has 0 fully saturated rings. The Balaban J connectivity index is 1.50. The van der Waals surface area contributed by atoms with Crippen LogP contribution < -0.4 is 20.2 Å². The van der Waals surface area contributed by atoms with Crippen molar-refractivity contribution in [1.29, 1.82) is 0 Å². The molecular formula is C25H23BrClN3O4. The summed E-state index contributed by atoms with van der Waals surface area (Å²) in [6.07, 6.45) is 1.49. The summed E-state index contributed by atoms with van der Waals surface area (Å²) < 4.78 is 11.6. The van der Waals surface area contributed by atoms with Crippen molar-refractivity contribution >= 4 is 51.2 Å². The van der Waals surface area contributed by atoms with E-state index in [9.17, 15) is 9.59 Å². The second kappa shape index (κ2) is 12.2. The average Bonchev–Trinajstić information content (AvgIpc) is 2.84. The molecule has 0 aliphatic heterocycles. The number of hydrogen-bond donors (Lipinski definition) is 2. The zero-order chi connectivity index (χ0) is 24.5. The van der Waals surface area contributed by atoms with E-state index in [1.54, 1.807) is 43.5 Å². The Morgan fingerprint density at radius 2 is 1.76 bits per heavy atom. The first-order valence-electron chi connectivity index (χ1n) is 10.3. The van der Waals surface area contributed by atoms with Gasteiger partial charge in [-0.25, -0.2) is 5.43 Å². The molecule has 0 saturated carbocycles. The van der Waals surface area contributed by atoms with Gasteiger partial charge in [0.15, 0.2) is 0 Å². The lowest BCUT2D eigenvalue weighted by molar-refractivity contribution is -0.131. The smallest absolute Gasteiger partial charge is 0.252 e. The Labute approximate surface area is 211 Å². The number of hydrazone groups is 1. The molecule has 1 atom stereocenters. The number of rotatable bonds is 9. The molecule has 7 nitrogen and oxygen atoms in total. The Bertz CT molecular complexity index is 1170. The minimum Gasteiger partial charge on any atom is -0.497 e. The van der Waals surface area contributed by atoms with Crippen molar-refractivity contribution < 1.29 is 19.1 Å². The number of nitrogens with one attached hydrogen (secondary N) is 2. The maximum absolute atomic E-state index is 12.3. The Morgan fingerprint density at radius 1 is 1.06 bits per heavy atom. The first-order chi connectivity index (χ1) is 16.4. The quantitative estimate of drug-likeness (QED) is 0.214. The number of carbonyl (C=O) groups excluding carboxylic acids is 2. The number of ether oxygens (including phenoxy) is 2. The van der Waals surface area contributed by atoms with Crippen LogP contribution in [0.1, 0.15) is 18.1 Å². The summed E-state index contributed by atoms with van der Waals surface area (Å²) in [5.74, 6) is -0.562. The zero-order valence-electron chi connectivity index (χ0n) is 18.5. The van der Waals surface area contributed by atoms with Crippen molar-refractivity contribution in [3.63, 3.8) is 0 Å². The van der Waals surface area contributed by atoms with Crippen molar-refractivity contribution in [1.82, 2.24) is 5.43 Å². The molecule has 0 aliphatic rings. The van der Waals surface area contributed by atoms with Crippen molar-refractivity contribution in [2.45, 2.75) is 13.5 Å². The number of carbonyl (C=O) groups is 2. The van der Waals surface area contributed by atoms with Crippen molar-refractivity contribution in [2.24, 2.45) is 11.0 Å². The Kier molecular flexibility index (Phi) is 9.07. The molecule has 2 N–H and O–H groups in total. The van der Waals surface area contributed by atoms with Crippen LogP contribution in [-0.4, -0.2) is 25.1 Å². The van der Waals surface area contributed by atoms with Crippen molar-refractivity contribution in [3.8, 4) is 11.5 Å². The third-order valence-corrected chi connectivity index (χ3v) is 5.67. The molecule has 176 valence electrons. The second-order valence-electron chi connectivity index (χ2n) is 7.28. The van der Waals surface area contributed by atoms with Crippen LogP contribution in [0.5, 0.6) is 11.5 Å². The molecule has 0 aliphatic carbocycles. The lowest BCUT2D eigenvalue weighted by atomic mass is 10.1. The van der Waals surface area contributed by atoms with E-state index < -0.39 is 17.7 Å². The lowest BCUT2D eigenvalue weighted by Gasteiger charge is -2.11. The molecule has 1 unspecified atom stereocenters. The largest absolute Gasteiger partial charge is 0.497 e. The lowest BCUT2D eigenvalue weighted by Crippen LogP contribution is -2.34. The third-order valence-electron chi connectivity index (χ3n) is 4.80. The fourth-order valence-electron chi connectivity index (χ4n) is 2.77. The van der Waals surface area contributed by atoms with Gasteiger partial charge >= 0.3 is 0 Å². The van der Waals surface area contributed by atoms with E-state index in [0.29, 0.717) is 28.8 Å². The summed E-state index contributed by atoms with van der Waals surface area (Å²) >= 11 is 9.38. The van der Waals surface area contributed by atoms with Gasteiger partial charge in [0.05, 0.1) is 17.8 Å². The molecule has 9 heteroatoms. The average molecular weight is 545 g/mol. The molecule has 0 radical (unpaired) electrons. The highest BCUT2D eigenvalue weighted by molar-refractivity contribution is 9.10. The number of hydrogen-bond acceptors (Lipinski definition) is 5. The van der Waals surface area contributed by atoms with Gasteiger partial charge in [-0.3, -0.25) is 9.59 Å². The Morgan fingerprint density at radius 3 is 2.41 bits per heavy atom. The second-order valence-corrected chi connectivity index (χ2v) is 8.57. The molecule has 3 aromatic rings. The summed E-state index contributed by atoms with van der Waals surface area (Å²) in [6, 6.07) is 19.7. The van der Waals surface area contributed by atoms with E-state index in [2.05, 4.69) is 31.8 Å². The maximum atomic E-state index is 12.3. The summed E-state index contributed by atoms with van der Waals surface area (Å²) in [7, 11) is 1.56. The predicted molar refractivity (Wildman–Crippen MR) is 136 cm³/mol. The van der Waals surface area contributed by atoms with Gasteiger partial charge in [-0.1, -0.05) is 23.7 Å². The number of benzene rings is 3. The summed E-state index contributed by atoms with van der Waals surface area (Å²) in [4.78, 5) is 24.6. The van der Waals surface area contributed by atoms with E-state index in [0.717, 1.165) is 15.6 Å². The highest BCUT2D eigenvalue weighted by atomic mass is 79.9. The summed E-state index contributed by atoms with van der Waals surface area (Å²) in [6.45, 7) is 1.91. The Hall–Kier alpha value is -3.36. The minimum absolute atomic E-state index is 0.399. The number of nitrogens with zero attached hydrogens (tertiary/aromatic N) is 1. The van der Waals surface area contributed by atoms with Crippen LogP contribution in [0.2, 0.25) is 5.02 Å². The van der Waals surface area contributed by atoms with Crippen LogP contribution in [0, 0.1) is 5.92 Å². The summed E-state index contributed by atoms with van der Waals surface area (Å²) in [5.41, 5.74) is 4.69. The molecule has 34 heavy (non-hydrogen) atoms. The predicted octanol–water partition coefficient (Wildman–Crippen LogP) is 5.42. The molecule has 3 rings (SSSR count). The van der Waals surface area contributed by atoms with E-state index in [-0.39, 0.29) is 0 Å². The molecule has 0 saturated heterocycles. The maximum Gasteiger partial charge on any atom is 0.252 e. The molecule has 0 spiro atoms. The van der Waals surface area contributed by atoms with E-state index in [4.69, 9.17) is 21.1 Å². The SMILES string of the molecule is COc1ccc(NC(=O)C(C)C(=O)NN=Cc2ccc(OCc3ccc(Cl)cc3)c(Br)c2)cc1. The topological polar surface area (TPSA) is 89.0 Å². The molecule has 0 bridgehead atoms. The fraction of sp³-hybridized carbons (Fsp3) is 0.160.